The lowest BCUT2D eigenvalue weighted by atomic mass is 9.89. The van der Waals surface area contributed by atoms with Gasteiger partial charge in [0.05, 0.1) is 23.0 Å². The molecule has 0 unspecified atom stereocenters. The van der Waals surface area contributed by atoms with E-state index in [4.69, 9.17) is 9.51 Å². The number of pyridine rings is 1. The van der Waals surface area contributed by atoms with Crippen molar-refractivity contribution < 1.29 is 9.32 Å². The van der Waals surface area contributed by atoms with Crippen LogP contribution in [-0.2, 0) is 6.42 Å². The molecular weight excluding hydrogens is 378 g/mol. The number of likely N-dealkylation sites (tertiary alicyclic amines) is 1. The second-order valence-electron chi connectivity index (χ2n) is 9.95. The van der Waals surface area contributed by atoms with Gasteiger partial charge in [-0.2, -0.15) is 0 Å². The summed E-state index contributed by atoms with van der Waals surface area (Å²) in [5.74, 6) is 0.524. The van der Waals surface area contributed by atoms with E-state index in [0.29, 0.717) is 23.2 Å². The van der Waals surface area contributed by atoms with Crippen molar-refractivity contribution in [3.63, 3.8) is 0 Å². The third kappa shape index (κ3) is 3.73. The van der Waals surface area contributed by atoms with Crippen molar-refractivity contribution in [3.8, 4) is 0 Å². The quantitative estimate of drug-likeness (QED) is 0.642. The molecule has 1 aliphatic heterocycles. The number of nitrogens with zero attached hydrogens (tertiary/aromatic N) is 5. The molecule has 1 amide bonds. The maximum Gasteiger partial charge on any atom is 0.259 e. The van der Waals surface area contributed by atoms with Gasteiger partial charge in [0.25, 0.3) is 11.6 Å². The van der Waals surface area contributed by atoms with Crippen LogP contribution in [0.4, 0.5) is 0 Å². The van der Waals surface area contributed by atoms with Gasteiger partial charge < -0.3 is 14.0 Å². The SMILES string of the molecule is CC(C)(C)Cc1noc2nc(C3CC3)cc(C(=O)N3CCC(n4ccnc4)CC3)c12. The first-order chi connectivity index (χ1) is 14.4. The number of aromatic nitrogens is 4. The fourth-order valence-electron chi connectivity index (χ4n) is 4.43. The van der Waals surface area contributed by atoms with Crippen molar-refractivity contribution in [2.75, 3.05) is 13.1 Å². The van der Waals surface area contributed by atoms with Crippen molar-refractivity contribution in [2.24, 2.45) is 5.41 Å². The average molecular weight is 408 g/mol. The predicted octanol–water partition coefficient (Wildman–Crippen LogP) is 4.36. The smallest absolute Gasteiger partial charge is 0.259 e. The third-order valence-corrected chi connectivity index (χ3v) is 6.16. The molecule has 0 N–H and O–H groups in total. The molecule has 0 aromatic carbocycles. The van der Waals surface area contributed by atoms with Gasteiger partial charge in [0.1, 0.15) is 0 Å². The maximum atomic E-state index is 13.6. The van der Waals surface area contributed by atoms with Gasteiger partial charge in [-0.15, -0.1) is 0 Å². The highest BCUT2D eigenvalue weighted by atomic mass is 16.5. The number of fused-ring (bicyclic) bond motifs is 1. The number of amides is 1. The fraction of sp³-hybridized carbons (Fsp3) is 0.565. The van der Waals surface area contributed by atoms with Crippen molar-refractivity contribution in [3.05, 3.63) is 41.7 Å². The fourth-order valence-corrected chi connectivity index (χ4v) is 4.43. The lowest BCUT2D eigenvalue weighted by Crippen LogP contribution is -2.39. The van der Waals surface area contributed by atoms with Crippen LogP contribution in [0.5, 0.6) is 0 Å². The van der Waals surface area contributed by atoms with Crippen molar-refractivity contribution in [2.45, 2.75) is 64.8 Å². The van der Waals surface area contributed by atoms with Gasteiger partial charge in [-0.3, -0.25) is 4.79 Å². The van der Waals surface area contributed by atoms with E-state index in [-0.39, 0.29) is 11.3 Å². The monoisotopic (exact) mass is 407 g/mol. The summed E-state index contributed by atoms with van der Waals surface area (Å²) in [4.78, 5) is 24.5. The molecule has 2 fully saturated rings. The van der Waals surface area contributed by atoms with Gasteiger partial charge in [-0.25, -0.2) is 9.97 Å². The molecule has 0 atom stereocenters. The van der Waals surface area contributed by atoms with E-state index in [1.54, 1.807) is 0 Å². The predicted molar refractivity (Wildman–Crippen MR) is 113 cm³/mol. The Morgan fingerprint density at radius 2 is 1.97 bits per heavy atom. The molecule has 5 rings (SSSR count). The summed E-state index contributed by atoms with van der Waals surface area (Å²) in [5.41, 5.74) is 3.07. The molecule has 1 saturated heterocycles. The molecule has 0 bridgehead atoms. The van der Waals surface area contributed by atoms with E-state index in [0.717, 1.165) is 62.0 Å². The van der Waals surface area contributed by atoms with E-state index < -0.39 is 0 Å². The van der Waals surface area contributed by atoms with Crippen LogP contribution in [0, 0.1) is 5.41 Å². The lowest BCUT2D eigenvalue weighted by molar-refractivity contribution is 0.0696. The standard InChI is InChI=1S/C23H29N5O2/c1-23(2,3)13-19-20-17(12-18(15-4-5-15)25-21(20)30-26-19)22(29)27-9-6-16(7-10-27)28-11-8-24-14-28/h8,11-12,14-16H,4-7,9-10,13H2,1-3H3. The van der Waals surface area contributed by atoms with Crippen LogP contribution in [0.3, 0.4) is 0 Å². The molecule has 2 aliphatic rings. The Morgan fingerprint density at radius 1 is 1.20 bits per heavy atom. The molecule has 3 aromatic rings. The van der Waals surface area contributed by atoms with Crippen LogP contribution < -0.4 is 0 Å². The minimum atomic E-state index is 0.0441. The lowest BCUT2D eigenvalue weighted by Gasteiger charge is -2.32. The first-order valence-corrected chi connectivity index (χ1v) is 10.9. The largest absolute Gasteiger partial charge is 0.338 e. The molecule has 3 aromatic heterocycles. The summed E-state index contributed by atoms with van der Waals surface area (Å²) in [6.45, 7) is 7.99. The summed E-state index contributed by atoms with van der Waals surface area (Å²) in [6.07, 6.45) is 10.6. The summed E-state index contributed by atoms with van der Waals surface area (Å²) in [7, 11) is 0. The highest BCUT2D eigenvalue weighted by Gasteiger charge is 2.32. The van der Waals surface area contributed by atoms with Gasteiger partial charge in [0.2, 0.25) is 0 Å². The van der Waals surface area contributed by atoms with E-state index >= 15 is 0 Å². The molecule has 0 spiro atoms. The van der Waals surface area contributed by atoms with Gasteiger partial charge >= 0.3 is 0 Å². The maximum absolute atomic E-state index is 13.6. The van der Waals surface area contributed by atoms with Crippen LogP contribution >= 0.6 is 0 Å². The Kier molecular flexibility index (Phi) is 4.64. The zero-order valence-corrected chi connectivity index (χ0v) is 18.0. The normalized spacial score (nSPS) is 18.3. The first kappa shape index (κ1) is 19.3. The Labute approximate surface area is 176 Å². The molecular formula is C23H29N5O2. The van der Waals surface area contributed by atoms with Gasteiger partial charge in [0.15, 0.2) is 0 Å². The van der Waals surface area contributed by atoms with Crippen LogP contribution in [0.1, 0.15) is 80.2 Å². The Hall–Kier alpha value is -2.70. The number of imidazole rings is 1. The Balaban J connectivity index is 1.46. The first-order valence-electron chi connectivity index (χ1n) is 10.9. The number of carbonyl (C=O) groups excluding carboxylic acids is 1. The van der Waals surface area contributed by atoms with Gasteiger partial charge in [-0.1, -0.05) is 25.9 Å². The van der Waals surface area contributed by atoms with E-state index in [2.05, 4.69) is 35.5 Å². The van der Waals surface area contributed by atoms with Crippen molar-refractivity contribution in [1.29, 1.82) is 0 Å². The van der Waals surface area contributed by atoms with Crippen LogP contribution in [0.15, 0.2) is 29.3 Å². The summed E-state index contributed by atoms with van der Waals surface area (Å²) < 4.78 is 7.77. The number of carbonyl (C=O) groups is 1. The third-order valence-electron chi connectivity index (χ3n) is 6.16. The second kappa shape index (κ2) is 7.22. The molecule has 1 saturated carbocycles. The molecule has 30 heavy (non-hydrogen) atoms. The van der Waals surface area contributed by atoms with Gasteiger partial charge in [-0.05, 0) is 43.6 Å². The van der Waals surface area contributed by atoms with E-state index in [1.165, 1.54) is 0 Å². The Bertz CT molecular complexity index is 1050. The number of hydrogen-bond acceptors (Lipinski definition) is 5. The highest BCUT2D eigenvalue weighted by Crippen LogP contribution is 2.41. The second-order valence-corrected chi connectivity index (χ2v) is 9.95. The van der Waals surface area contributed by atoms with Crippen LogP contribution in [0.25, 0.3) is 11.1 Å². The molecule has 158 valence electrons. The molecule has 4 heterocycles. The highest BCUT2D eigenvalue weighted by molar-refractivity contribution is 6.06. The Morgan fingerprint density at radius 3 is 2.60 bits per heavy atom. The van der Waals surface area contributed by atoms with Crippen molar-refractivity contribution >= 4 is 17.0 Å². The zero-order valence-electron chi connectivity index (χ0n) is 18.0. The molecule has 7 nitrogen and oxygen atoms in total. The van der Waals surface area contributed by atoms with E-state index in [1.807, 2.05) is 29.7 Å². The molecule has 1 aliphatic carbocycles. The number of piperidine rings is 1. The van der Waals surface area contributed by atoms with Gasteiger partial charge in [0, 0.05) is 43.1 Å². The number of hydrogen-bond donors (Lipinski definition) is 0. The minimum Gasteiger partial charge on any atom is -0.338 e. The van der Waals surface area contributed by atoms with E-state index in [9.17, 15) is 4.79 Å². The molecule has 0 radical (unpaired) electrons. The summed E-state index contributed by atoms with van der Waals surface area (Å²) in [6, 6.07) is 2.41. The summed E-state index contributed by atoms with van der Waals surface area (Å²) in [5, 5.41) is 5.12. The zero-order chi connectivity index (χ0) is 20.9. The average Bonchev–Trinajstić information content (AvgIpc) is 3.28. The topological polar surface area (TPSA) is 77.0 Å². The summed E-state index contributed by atoms with van der Waals surface area (Å²) >= 11 is 0. The molecule has 7 heteroatoms. The van der Waals surface area contributed by atoms with Crippen LogP contribution in [0.2, 0.25) is 0 Å². The van der Waals surface area contributed by atoms with Crippen LogP contribution in [-0.4, -0.2) is 43.6 Å². The van der Waals surface area contributed by atoms with Crippen molar-refractivity contribution in [1.82, 2.24) is 24.6 Å². The minimum absolute atomic E-state index is 0.0441. The number of rotatable bonds is 4.